The minimum absolute atomic E-state index is 0.120. The molecule has 1 unspecified atom stereocenters. The van der Waals surface area contributed by atoms with Gasteiger partial charge >= 0.3 is 0 Å². The topological polar surface area (TPSA) is 65.1 Å². The summed E-state index contributed by atoms with van der Waals surface area (Å²) < 4.78 is 6.90. The van der Waals surface area contributed by atoms with Crippen molar-refractivity contribution in [2.75, 3.05) is 19.0 Å². The summed E-state index contributed by atoms with van der Waals surface area (Å²) in [6.07, 6.45) is 0.120. The molecule has 0 aromatic carbocycles. The number of anilines is 1. The molecule has 0 saturated carbocycles. The Morgan fingerprint density at radius 1 is 1.69 bits per heavy atom. The third-order valence-corrected chi connectivity index (χ3v) is 2.63. The van der Waals surface area contributed by atoms with Gasteiger partial charge in [0.05, 0.1) is 17.4 Å². The molecule has 0 spiro atoms. The zero-order valence-corrected chi connectivity index (χ0v) is 10.9. The molecule has 90 valence electrons. The highest BCUT2D eigenvalue weighted by Gasteiger charge is 2.15. The van der Waals surface area contributed by atoms with E-state index in [9.17, 15) is 0 Å². The molecule has 0 aliphatic carbocycles. The van der Waals surface area contributed by atoms with Crippen molar-refractivity contribution >= 4 is 23.0 Å². The van der Waals surface area contributed by atoms with Crippen LogP contribution in [0.25, 0.3) is 0 Å². The summed E-state index contributed by atoms with van der Waals surface area (Å²) in [5.41, 5.74) is 7.32. The highest BCUT2D eigenvalue weighted by molar-refractivity contribution is 7.80. The van der Waals surface area contributed by atoms with E-state index in [4.69, 9.17) is 22.7 Å². The van der Waals surface area contributed by atoms with Gasteiger partial charge in [-0.1, -0.05) is 12.2 Å². The van der Waals surface area contributed by atoms with Crippen molar-refractivity contribution in [1.82, 2.24) is 9.78 Å². The van der Waals surface area contributed by atoms with Gasteiger partial charge in [0.25, 0.3) is 0 Å². The highest BCUT2D eigenvalue weighted by Crippen LogP contribution is 2.18. The Bertz CT molecular complexity index is 388. The number of hydrogen-bond donors (Lipinski definition) is 2. The third kappa shape index (κ3) is 2.70. The zero-order chi connectivity index (χ0) is 12.3. The van der Waals surface area contributed by atoms with E-state index in [-0.39, 0.29) is 6.10 Å². The summed E-state index contributed by atoms with van der Waals surface area (Å²) in [5.74, 6) is 0.842. The maximum Gasteiger partial charge on any atom is 0.134 e. The van der Waals surface area contributed by atoms with Crippen LogP contribution in [0.3, 0.4) is 0 Å². The minimum Gasteiger partial charge on any atom is -0.389 e. The molecule has 3 N–H and O–H groups in total. The molecule has 0 amide bonds. The predicted molar refractivity (Wildman–Crippen MR) is 68.8 cm³/mol. The molecule has 1 atom stereocenters. The van der Waals surface area contributed by atoms with Gasteiger partial charge in [-0.2, -0.15) is 5.10 Å². The van der Waals surface area contributed by atoms with Crippen molar-refractivity contribution < 1.29 is 4.74 Å². The number of rotatable bonds is 5. The van der Waals surface area contributed by atoms with Gasteiger partial charge < -0.3 is 15.8 Å². The molecular formula is C10H18N4OS. The lowest BCUT2D eigenvalue weighted by molar-refractivity contribution is 0.128. The smallest absolute Gasteiger partial charge is 0.134 e. The van der Waals surface area contributed by atoms with Crippen LogP contribution in [-0.4, -0.2) is 34.5 Å². The largest absolute Gasteiger partial charge is 0.389 e. The van der Waals surface area contributed by atoms with Gasteiger partial charge in [-0.3, -0.25) is 4.68 Å². The standard InChI is InChI=1S/C10H18N4OS/c1-6(15-4)5-12-10-8(9(11)16)7(2)13-14(10)3/h6,12H,5H2,1-4H3,(H2,11,16). The van der Waals surface area contributed by atoms with Crippen LogP contribution in [0.5, 0.6) is 0 Å². The summed E-state index contributed by atoms with van der Waals surface area (Å²) in [5, 5.41) is 7.52. The Hall–Kier alpha value is -1.14. The van der Waals surface area contributed by atoms with Crippen molar-refractivity contribution in [3.05, 3.63) is 11.3 Å². The minimum atomic E-state index is 0.120. The van der Waals surface area contributed by atoms with Crippen LogP contribution in [0, 0.1) is 6.92 Å². The number of nitrogens with two attached hydrogens (primary N) is 1. The molecule has 1 aromatic rings. The number of ether oxygens (including phenoxy) is 1. The maximum absolute atomic E-state index is 5.67. The summed E-state index contributed by atoms with van der Waals surface area (Å²) in [6, 6.07) is 0. The number of nitrogens with one attached hydrogen (secondary N) is 1. The Morgan fingerprint density at radius 3 is 2.81 bits per heavy atom. The molecule has 1 heterocycles. The molecule has 0 aliphatic rings. The van der Waals surface area contributed by atoms with E-state index in [1.54, 1.807) is 11.8 Å². The lowest BCUT2D eigenvalue weighted by Gasteiger charge is -2.13. The average molecular weight is 242 g/mol. The average Bonchev–Trinajstić information content (AvgIpc) is 2.49. The summed E-state index contributed by atoms with van der Waals surface area (Å²) in [4.78, 5) is 0.359. The molecule has 0 fully saturated rings. The number of aromatic nitrogens is 2. The van der Waals surface area contributed by atoms with E-state index in [2.05, 4.69) is 10.4 Å². The van der Waals surface area contributed by atoms with Crippen molar-refractivity contribution in [2.24, 2.45) is 12.8 Å². The van der Waals surface area contributed by atoms with Crippen LogP contribution < -0.4 is 11.1 Å². The molecular weight excluding hydrogens is 224 g/mol. The highest BCUT2D eigenvalue weighted by atomic mass is 32.1. The van der Waals surface area contributed by atoms with E-state index < -0.39 is 0 Å². The summed E-state index contributed by atoms with van der Waals surface area (Å²) >= 11 is 5.01. The molecule has 5 nitrogen and oxygen atoms in total. The van der Waals surface area contributed by atoms with Gasteiger partial charge in [-0.25, -0.2) is 0 Å². The van der Waals surface area contributed by atoms with Gasteiger partial charge in [0.1, 0.15) is 10.8 Å². The molecule has 0 radical (unpaired) electrons. The van der Waals surface area contributed by atoms with Crippen LogP contribution in [-0.2, 0) is 11.8 Å². The first-order valence-corrected chi connectivity index (χ1v) is 5.48. The number of nitrogens with zero attached hydrogens (tertiary/aromatic N) is 2. The van der Waals surface area contributed by atoms with Gasteiger partial charge in [0.15, 0.2) is 0 Å². The fourth-order valence-electron chi connectivity index (χ4n) is 1.48. The fraction of sp³-hybridized carbons (Fsp3) is 0.600. The Morgan fingerprint density at radius 2 is 2.31 bits per heavy atom. The summed E-state index contributed by atoms with van der Waals surface area (Å²) in [7, 11) is 3.53. The molecule has 1 aromatic heterocycles. The van der Waals surface area contributed by atoms with Gasteiger partial charge in [-0.05, 0) is 13.8 Å². The number of aryl methyl sites for hydroxylation is 2. The second kappa shape index (κ2) is 5.27. The third-order valence-electron chi connectivity index (χ3n) is 2.43. The second-order valence-electron chi connectivity index (χ2n) is 3.72. The quantitative estimate of drug-likeness (QED) is 0.748. The van der Waals surface area contributed by atoms with E-state index in [0.717, 1.165) is 17.1 Å². The fourth-order valence-corrected chi connectivity index (χ4v) is 1.72. The van der Waals surface area contributed by atoms with Crippen LogP contribution in [0.4, 0.5) is 5.82 Å². The molecule has 1 rings (SSSR count). The normalized spacial score (nSPS) is 12.5. The SMILES string of the molecule is COC(C)CNc1c(C(N)=S)c(C)nn1C. The van der Waals surface area contributed by atoms with Gasteiger partial charge in [0, 0.05) is 20.7 Å². The van der Waals surface area contributed by atoms with Crippen LogP contribution in [0.15, 0.2) is 0 Å². The molecule has 0 saturated heterocycles. The Labute approximate surface area is 101 Å². The number of methoxy groups -OCH3 is 1. The van der Waals surface area contributed by atoms with Crippen LogP contribution in [0.2, 0.25) is 0 Å². The monoisotopic (exact) mass is 242 g/mol. The Kier molecular flexibility index (Phi) is 4.26. The van der Waals surface area contributed by atoms with Gasteiger partial charge in [-0.15, -0.1) is 0 Å². The molecule has 6 heteroatoms. The second-order valence-corrected chi connectivity index (χ2v) is 4.16. The first-order valence-electron chi connectivity index (χ1n) is 5.07. The van der Waals surface area contributed by atoms with Crippen LogP contribution in [0.1, 0.15) is 18.2 Å². The molecule has 16 heavy (non-hydrogen) atoms. The van der Waals surface area contributed by atoms with Crippen molar-refractivity contribution in [1.29, 1.82) is 0 Å². The van der Waals surface area contributed by atoms with Crippen molar-refractivity contribution in [3.63, 3.8) is 0 Å². The lowest BCUT2D eigenvalue weighted by Crippen LogP contribution is -2.21. The van der Waals surface area contributed by atoms with E-state index in [0.29, 0.717) is 11.5 Å². The van der Waals surface area contributed by atoms with Crippen molar-refractivity contribution in [2.45, 2.75) is 20.0 Å². The van der Waals surface area contributed by atoms with E-state index in [1.807, 2.05) is 20.9 Å². The zero-order valence-electron chi connectivity index (χ0n) is 10.1. The first-order chi connectivity index (χ1) is 7.47. The maximum atomic E-state index is 5.67. The predicted octanol–water partition coefficient (Wildman–Crippen LogP) is 0.810. The lowest BCUT2D eigenvalue weighted by atomic mass is 10.2. The molecule has 0 aliphatic heterocycles. The van der Waals surface area contributed by atoms with E-state index >= 15 is 0 Å². The molecule has 0 bridgehead atoms. The van der Waals surface area contributed by atoms with Crippen LogP contribution >= 0.6 is 12.2 Å². The van der Waals surface area contributed by atoms with E-state index in [1.165, 1.54) is 0 Å². The summed E-state index contributed by atoms with van der Waals surface area (Å²) in [6.45, 7) is 4.56. The first kappa shape index (κ1) is 12.9. The number of thiocarbonyl (C=S) groups is 1. The number of hydrogen-bond acceptors (Lipinski definition) is 4. The van der Waals surface area contributed by atoms with Gasteiger partial charge in [0.2, 0.25) is 0 Å². The van der Waals surface area contributed by atoms with Crippen molar-refractivity contribution in [3.8, 4) is 0 Å². The Balaban J connectivity index is 2.90.